The highest BCUT2D eigenvalue weighted by atomic mass is 79.9. The van der Waals surface area contributed by atoms with Gasteiger partial charge < -0.3 is 15.4 Å². The van der Waals surface area contributed by atoms with Crippen molar-refractivity contribution in [2.24, 2.45) is 5.92 Å². The number of para-hydroxylation sites is 1. The molecule has 2 amide bonds. The topological polar surface area (TPSA) is 79.5 Å². The molecule has 0 aliphatic carbocycles. The van der Waals surface area contributed by atoms with E-state index in [9.17, 15) is 9.59 Å². The van der Waals surface area contributed by atoms with Gasteiger partial charge in [-0.1, -0.05) is 41.9 Å². The van der Waals surface area contributed by atoms with Crippen molar-refractivity contribution in [1.29, 1.82) is 0 Å². The summed E-state index contributed by atoms with van der Waals surface area (Å²) in [5.74, 6) is 0.368. The van der Waals surface area contributed by atoms with Crippen molar-refractivity contribution >= 4 is 50.8 Å². The first-order valence-electron chi connectivity index (χ1n) is 9.73. The fourth-order valence-corrected chi connectivity index (χ4v) is 3.14. The molecule has 0 saturated heterocycles. The molecular weight excluding hydrogens is 466 g/mol. The molecule has 0 heterocycles. The first-order chi connectivity index (χ1) is 14.3. The minimum Gasteiger partial charge on any atom is -0.493 e. The molecular formula is C22H26BrN3O3S. The summed E-state index contributed by atoms with van der Waals surface area (Å²) in [5.41, 5.74) is 1.32. The fourth-order valence-electron chi connectivity index (χ4n) is 2.58. The second-order valence-corrected chi connectivity index (χ2v) is 8.31. The first-order valence-corrected chi connectivity index (χ1v) is 10.9. The van der Waals surface area contributed by atoms with Crippen LogP contribution in [-0.4, -0.2) is 30.1 Å². The molecule has 0 unspecified atom stereocenters. The van der Waals surface area contributed by atoms with Gasteiger partial charge in [0.05, 0.1) is 23.4 Å². The number of amides is 2. The van der Waals surface area contributed by atoms with E-state index in [2.05, 4.69) is 45.7 Å². The van der Waals surface area contributed by atoms with E-state index < -0.39 is 5.91 Å². The van der Waals surface area contributed by atoms with E-state index in [-0.39, 0.29) is 11.0 Å². The van der Waals surface area contributed by atoms with Gasteiger partial charge in [-0.25, -0.2) is 0 Å². The van der Waals surface area contributed by atoms with E-state index in [0.717, 1.165) is 10.9 Å². The van der Waals surface area contributed by atoms with Crippen LogP contribution in [0.15, 0.2) is 46.9 Å². The molecule has 0 aromatic heterocycles. The summed E-state index contributed by atoms with van der Waals surface area (Å²) < 4.78 is 6.56. The molecule has 0 spiro atoms. The highest BCUT2D eigenvalue weighted by molar-refractivity contribution is 9.10. The van der Waals surface area contributed by atoms with Crippen molar-refractivity contribution in [1.82, 2.24) is 10.6 Å². The molecule has 3 N–H and O–H groups in total. The van der Waals surface area contributed by atoms with Crippen LogP contribution in [0.5, 0.6) is 5.75 Å². The molecule has 0 aliphatic rings. The van der Waals surface area contributed by atoms with Crippen LogP contribution in [-0.2, 0) is 0 Å². The average molecular weight is 492 g/mol. The van der Waals surface area contributed by atoms with Gasteiger partial charge in [-0.2, -0.15) is 0 Å². The number of rotatable bonds is 8. The van der Waals surface area contributed by atoms with Crippen molar-refractivity contribution in [2.75, 3.05) is 18.5 Å². The number of carbonyl (C=O) groups excluding carboxylic acids is 2. The van der Waals surface area contributed by atoms with Crippen LogP contribution in [0.2, 0.25) is 0 Å². The molecule has 0 bridgehead atoms. The third kappa shape index (κ3) is 7.11. The van der Waals surface area contributed by atoms with Crippen molar-refractivity contribution in [3.8, 4) is 5.75 Å². The second kappa shape index (κ2) is 11.7. The number of hydrogen-bond donors (Lipinski definition) is 3. The normalized spacial score (nSPS) is 10.4. The van der Waals surface area contributed by atoms with Crippen LogP contribution in [0.3, 0.4) is 0 Å². The number of hydrogen-bond acceptors (Lipinski definition) is 4. The third-order valence-corrected chi connectivity index (χ3v) is 4.82. The van der Waals surface area contributed by atoms with Gasteiger partial charge in [0.15, 0.2) is 5.11 Å². The SMILES string of the molecule is CCNC(=O)c1ccccc1NC(=S)NC(=O)c1cc(Br)ccc1OCCC(C)C. The first kappa shape index (κ1) is 23.8. The number of benzene rings is 2. The van der Waals surface area contributed by atoms with Crippen LogP contribution >= 0.6 is 28.1 Å². The molecule has 6 nitrogen and oxygen atoms in total. The Morgan fingerprint density at radius 3 is 2.53 bits per heavy atom. The molecule has 0 radical (unpaired) electrons. The van der Waals surface area contributed by atoms with E-state index in [4.69, 9.17) is 17.0 Å². The van der Waals surface area contributed by atoms with Gasteiger partial charge in [0.2, 0.25) is 0 Å². The van der Waals surface area contributed by atoms with E-state index in [1.54, 1.807) is 36.4 Å². The quantitative estimate of drug-likeness (QED) is 0.464. The summed E-state index contributed by atoms with van der Waals surface area (Å²) in [7, 11) is 0. The Morgan fingerprint density at radius 1 is 1.10 bits per heavy atom. The van der Waals surface area contributed by atoms with Crippen molar-refractivity contribution in [3.63, 3.8) is 0 Å². The summed E-state index contributed by atoms with van der Waals surface area (Å²) in [6.45, 7) is 7.10. The zero-order chi connectivity index (χ0) is 22.1. The maximum absolute atomic E-state index is 12.8. The Hall–Kier alpha value is -2.45. The molecule has 8 heteroatoms. The van der Waals surface area contributed by atoms with Crippen LogP contribution in [0, 0.1) is 5.92 Å². The summed E-state index contributed by atoms with van der Waals surface area (Å²) in [6.07, 6.45) is 0.883. The lowest BCUT2D eigenvalue weighted by Crippen LogP contribution is -2.35. The molecule has 2 rings (SSSR count). The Morgan fingerprint density at radius 2 is 1.83 bits per heavy atom. The zero-order valence-corrected chi connectivity index (χ0v) is 19.7. The highest BCUT2D eigenvalue weighted by Gasteiger charge is 2.16. The van der Waals surface area contributed by atoms with Crippen molar-refractivity contribution in [3.05, 3.63) is 58.1 Å². The lowest BCUT2D eigenvalue weighted by molar-refractivity contribution is 0.0953. The standard InChI is InChI=1S/C22H26BrN3O3S/c1-4-24-20(27)16-7-5-6-8-18(16)25-22(30)26-21(28)17-13-15(23)9-10-19(17)29-12-11-14(2)3/h5-10,13-14H,4,11-12H2,1-3H3,(H,24,27)(H2,25,26,28,30). The Labute approximate surface area is 190 Å². The summed E-state index contributed by atoms with van der Waals surface area (Å²) in [5, 5.41) is 8.43. The Bertz CT molecular complexity index is 918. The van der Waals surface area contributed by atoms with Gasteiger partial charge in [0.25, 0.3) is 11.8 Å². The predicted octanol–water partition coefficient (Wildman–Crippen LogP) is 4.75. The zero-order valence-electron chi connectivity index (χ0n) is 17.3. The molecule has 160 valence electrons. The highest BCUT2D eigenvalue weighted by Crippen LogP contribution is 2.24. The number of ether oxygens (including phenoxy) is 1. The minimum atomic E-state index is -0.399. The lowest BCUT2D eigenvalue weighted by Gasteiger charge is -2.15. The van der Waals surface area contributed by atoms with Crippen molar-refractivity contribution < 1.29 is 14.3 Å². The Balaban J connectivity index is 2.11. The van der Waals surface area contributed by atoms with E-state index in [1.165, 1.54) is 0 Å². The minimum absolute atomic E-state index is 0.0878. The van der Waals surface area contributed by atoms with Crippen LogP contribution in [0.1, 0.15) is 47.9 Å². The molecule has 0 aliphatic heterocycles. The number of thiocarbonyl (C=S) groups is 1. The number of carbonyl (C=O) groups is 2. The fraction of sp³-hybridized carbons (Fsp3) is 0.318. The van der Waals surface area contributed by atoms with Crippen LogP contribution in [0.25, 0.3) is 0 Å². The number of halogens is 1. The molecule has 30 heavy (non-hydrogen) atoms. The largest absolute Gasteiger partial charge is 0.493 e. The van der Waals surface area contributed by atoms with Gasteiger partial charge in [0.1, 0.15) is 5.75 Å². The van der Waals surface area contributed by atoms with Gasteiger partial charge in [-0.3, -0.25) is 14.9 Å². The summed E-state index contributed by atoms with van der Waals surface area (Å²) in [4.78, 5) is 25.0. The Kier molecular flexibility index (Phi) is 9.26. The average Bonchev–Trinajstić information content (AvgIpc) is 2.69. The number of nitrogens with one attached hydrogen (secondary N) is 3. The molecule has 0 fully saturated rings. The van der Waals surface area contributed by atoms with Crippen LogP contribution in [0.4, 0.5) is 5.69 Å². The monoisotopic (exact) mass is 491 g/mol. The molecule has 0 atom stereocenters. The molecule has 2 aromatic rings. The maximum atomic E-state index is 12.8. The van der Waals surface area contributed by atoms with Gasteiger partial charge in [-0.15, -0.1) is 0 Å². The second-order valence-electron chi connectivity index (χ2n) is 6.98. The van der Waals surface area contributed by atoms with Crippen molar-refractivity contribution in [2.45, 2.75) is 27.2 Å². The van der Waals surface area contributed by atoms with E-state index in [0.29, 0.717) is 41.6 Å². The maximum Gasteiger partial charge on any atom is 0.261 e. The lowest BCUT2D eigenvalue weighted by atomic mass is 10.1. The number of anilines is 1. The van der Waals surface area contributed by atoms with E-state index >= 15 is 0 Å². The van der Waals surface area contributed by atoms with Gasteiger partial charge in [0, 0.05) is 11.0 Å². The van der Waals surface area contributed by atoms with Gasteiger partial charge in [-0.05, 0) is 61.8 Å². The molecule has 2 aromatic carbocycles. The van der Waals surface area contributed by atoms with Gasteiger partial charge >= 0.3 is 0 Å². The van der Waals surface area contributed by atoms with Crippen LogP contribution < -0.4 is 20.7 Å². The molecule has 0 saturated carbocycles. The predicted molar refractivity (Wildman–Crippen MR) is 127 cm³/mol. The van der Waals surface area contributed by atoms with E-state index in [1.807, 2.05) is 13.0 Å². The summed E-state index contributed by atoms with van der Waals surface area (Å²) in [6, 6.07) is 12.2. The third-order valence-electron chi connectivity index (χ3n) is 4.12. The summed E-state index contributed by atoms with van der Waals surface area (Å²) >= 11 is 8.68. The smallest absolute Gasteiger partial charge is 0.261 e.